The van der Waals surface area contributed by atoms with Crippen molar-refractivity contribution in [3.8, 4) is 11.5 Å². The summed E-state index contributed by atoms with van der Waals surface area (Å²) in [6, 6.07) is 5.93. The maximum atomic E-state index is 5.70. The van der Waals surface area contributed by atoms with Gasteiger partial charge in [-0.2, -0.15) is 0 Å². The molecule has 0 aliphatic heterocycles. The van der Waals surface area contributed by atoms with Crippen LogP contribution in [0.25, 0.3) is 0 Å². The van der Waals surface area contributed by atoms with E-state index in [2.05, 4.69) is 50.1 Å². The number of H-pyrrole nitrogens is 2. The number of hydrogen-bond acceptors (Lipinski definition) is 2. The fourth-order valence-corrected chi connectivity index (χ4v) is 3.43. The summed E-state index contributed by atoms with van der Waals surface area (Å²) >= 11 is 0. The molecule has 1 aromatic carbocycles. The molecule has 2 N–H and O–H groups in total. The minimum Gasteiger partial charge on any atom is -0.496 e. The molecule has 25 heavy (non-hydrogen) atoms. The summed E-state index contributed by atoms with van der Waals surface area (Å²) in [5.74, 6) is 1.62. The molecule has 0 amide bonds. The zero-order valence-corrected chi connectivity index (χ0v) is 15.8. The summed E-state index contributed by atoms with van der Waals surface area (Å²) in [6.45, 7) is 8.56. The first-order valence-electron chi connectivity index (χ1n) is 8.49. The van der Waals surface area contributed by atoms with E-state index in [9.17, 15) is 0 Å². The van der Waals surface area contributed by atoms with Gasteiger partial charge in [-0.15, -0.1) is 0 Å². The maximum Gasteiger partial charge on any atom is 0.126 e. The van der Waals surface area contributed by atoms with Crippen LogP contribution in [-0.2, 0) is 0 Å². The first-order chi connectivity index (χ1) is 12.0. The molecule has 0 spiro atoms. The molecule has 0 atom stereocenters. The normalized spacial score (nSPS) is 11.2. The predicted molar refractivity (Wildman–Crippen MR) is 101 cm³/mol. The van der Waals surface area contributed by atoms with Crippen LogP contribution in [0.4, 0.5) is 0 Å². The molecule has 0 saturated heterocycles. The Morgan fingerprint density at radius 2 is 1.20 bits per heavy atom. The Morgan fingerprint density at radius 3 is 1.52 bits per heavy atom. The zero-order chi connectivity index (χ0) is 18.1. The van der Waals surface area contributed by atoms with Gasteiger partial charge in [0, 0.05) is 23.8 Å². The van der Waals surface area contributed by atoms with E-state index in [4.69, 9.17) is 9.47 Å². The van der Waals surface area contributed by atoms with E-state index in [-0.39, 0.29) is 5.92 Å². The van der Waals surface area contributed by atoms with E-state index in [1.165, 1.54) is 22.3 Å². The van der Waals surface area contributed by atoms with Crippen molar-refractivity contribution in [1.29, 1.82) is 0 Å². The third-order valence-corrected chi connectivity index (χ3v) is 5.21. The molecule has 4 heteroatoms. The second kappa shape index (κ2) is 6.71. The molecule has 2 heterocycles. The second-order valence-corrected chi connectivity index (χ2v) is 6.53. The second-order valence-electron chi connectivity index (χ2n) is 6.53. The standard InChI is InChI=1S/C21H26N2O2/c1-12-10-22-20(14(12)3)19(21-15(4)13(2)11-23-21)18-16(24-5)8-7-9-17(18)25-6/h7-11,19,22-23H,1-6H3. The molecule has 0 radical (unpaired) electrons. The summed E-state index contributed by atoms with van der Waals surface area (Å²) in [4.78, 5) is 6.96. The van der Waals surface area contributed by atoms with E-state index >= 15 is 0 Å². The van der Waals surface area contributed by atoms with Gasteiger partial charge in [0.25, 0.3) is 0 Å². The van der Waals surface area contributed by atoms with E-state index in [1.807, 2.05) is 18.2 Å². The van der Waals surface area contributed by atoms with Gasteiger partial charge >= 0.3 is 0 Å². The molecule has 132 valence electrons. The Kier molecular flexibility index (Phi) is 4.62. The van der Waals surface area contributed by atoms with Crippen molar-refractivity contribution in [3.63, 3.8) is 0 Å². The SMILES string of the molecule is COc1cccc(OC)c1C(c1[nH]cc(C)c1C)c1[nH]cc(C)c1C. The van der Waals surface area contributed by atoms with E-state index in [0.29, 0.717) is 0 Å². The van der Waals surface area contributed by atoms with Gasteiger partial charge in [-0.3, -0.25) is 0 Å². The van der Waals surface area contributed by atoms with Gasteiger partial charge in [0.1, 0.15) is 11.5 Å². The van der Waals surface area contributed by atoms with Crippen LogP contribution in [0.2, 0.25) is 0 Å². The van der Waals surface area contributed by atoms with Crippen LogP contribution in [-0.4, -0.2) is 24.2 Å². The van der Waals surface area contributed by atoms with Crippen LogP contribution in [0.3, 0.4) is 0 Å². The average Bonchev–Trinajstić information content (AvgIpc) is 3.12. The molecule has 3 aromatic rings. The van der Waals surface area contributed by atoms with Gasteiger partial charge in [0.05, 0.1) is 25.7 Å². The van der Waals surface area contributed by atoms with E-state index < -0.39 is 0 Å². The van der Waals surface area contributed by atoms with Gasteiger partial charge in [-0.05, 0) is 62.1 Å². The maximum absolute atomic E-state index is 5.70. The van der Waals surface area contributed by atoms with Crippen molar-refractivity contribution in [3.05, 3.63) is 69.8 Å². The number of aryl methyl sites for hydroxylation is 2. The van der Waals surface area contributed by atoms with Crippen LogP contribution in [0.5, 0.6) is 11.5 Å². The first kappa shape index (κ1) is 17.2. The number of aromatic nitrogens is 2. The minimum atomic E-state index is -0.0199. The lowest BCUT2D eigenvalue weighted by atomic mass is 9.86. The third-order valence-electron chi connectivity index (χ3n) is 5.21. The van der Waals surface area contributed by atoms with Crippen LogP contribution >= 0.6 is 0 Å². The predicted octanol–water partition coefficient (Wildman–Crippen LogP) is 4.77. The summed E-state index contributed by atoms with van der Waals surface area (Å²) < 4.78 is 11.4. The zero-order valence-electron chi connectivity index (χ0n) is 15.8. The number of rotatable bonds is 5. The fraction of sp³-hybridized carbons (Fsp3) is 0.333. The van der Waals surface area contributed by atoms with Crippen LogP contribution in [0, 0.1) is 27.7 Å². The highest BCUT2D eigenvalue weighted by Gasteiger charge is 2.29. The van der Waals surface area contributed by atoms with E-state index in [1.54, 1.807) is 14.2 Å². The highest BCUT2D eigenvalue weighted by Crippen LogP contribution is 2.44. The molecule has 0 bridgehead atoms. The fourth-order valence-electron chi connectivity index (χ4n) is 3.43. The molecule has 0 aliphatic rings. The van der Waals surface area contributed by atoms with Gasteiger partial charge in [0.2, 0.25) is 0 Å². The lowest BCUT2D eigenvalue weighted by Gasteiger charge is -2.23. The summed E-state index contributed by atoms with van der Waals surface area (Å²) in [5.41, 5.74) is 8.34. The van der Waals surface area contributed by atoms with Crippen molar-refractivity contribution < 1.29 is 9.47 Å². The highest BCUT2D eigenvalue weighted by atomic mass is 16.5. The Morgan fingerprint density at radius 1 is 0.760 bits per heavy atom. The van der Waals surface area contributed by atoms with Crippen molar-refractivity contribution in [2.75, 3.05) is 14.2 Å². The monoisotopic (exact) mass is 338 g/mol. The Hall–Kier alpha value is -2.62. The van der Waals surface area contributed by atoms with Crippen molar-refractivity contribution in [1.82, 2.24) is 9.97 Å². The molecular weight excluding hydrogens is 312 g/mol. The Balaban J connectivity index is 2.34. The number of aromatic amines is 2. The molecule has 3 rings (SSSR count). The lowest BCUT2D eigenvalue weighted by Crippen LogP contribution is -2.11. The molecule has 0 saturated carbocycles. The number of hydrogen-bond donors (Lipinski definition) is 2. The van der Waals surface area contributed by atoms with E-state index in [0.717, 1.165) is 28.5 Å². The Bertz CT molecular complexity index is 821. The quantitative estimate of drug-likeness (QED) is 0.704. The van der Waals surface area contributed by atoms with Crippen molar-refractivity contribution in [2.24, 2.45) is 0 Å². The van der Waals surface area contributed by atoms with Crippen LogP contribution in [0.15, 0.2) is 30.6 Å². The summed E-state index contributed by atoms with van der Waals surface area (Å²) in [6.07, 6.45) is 4.12. The number of methoxy groups -OCH3 is 2. The lowest BCUT2D eigenvalue weighted by molar-refractivity contribution is 0.383. The van der Waals surface area contributed by atoms with Crippen LogP contribution in [0.1, 0.15) is 45.1 Å². The third kappa shape index (κ3) is 2.82. The minimum absolute atomic E-state index is 0.0199. The molecule has 0 unspecified atom stereocenters. The molecule has 0 aliphatic carbocycles. The topological polar surface area (TPSA) is 50.0 Å². The number of nitrogens with one attached hydrogen (secondary N) is 2. The summed E-state index contributed by atoms with van der Waals surface area (Å²) in [5, 5.41) is 0. The largest absolute Gasteiger partial charge is 0.496 e. The number of ether oxygens (including phenoxy) is 2. The van der Waals surface area contributed by atoms with Crippen molar-refractivity contribution >= 4 is 0 Å². The molecule has 2 aromatic heterocycles. The first-order valence-corrected chi connectivity index (χ1v) is 8.49. The van der Waals surface area contributed by atoms with Crippen LogP contribution < -0.4 is 9.47 Å². The smallest absolute Gasteiger partial charge is 0.126 e. The number of benzene rings is 1. The van der Waals surface area contributed by atoms with Gasteiger partial charge in [-0.25, -0.2) is 0 Å². The van der Waals surface area contributed by atoms with Gasteiger partial charge < -0.3 is 19.4 Å². The summed E-state index contributed by atoms with van der Waals surface area (Å²) in [7, 11) is 3.41. The van der Waals surface area contributed by atoms with Gasteiger partial charge in [-0.1, -0.05) is 6.07 Å². The van der Waals surface area contributed by atoms with Crippen molar-refractivity contribution in [2.45, 2.75) is 33.6 Å². The molecule has 4 nitrogen and oxygen atoms in total. The Labute approximate surface area is 149 Å². The van der Waals surface area contributed by atoms with Gasteiger partial charge in [0.15, 0.2) is 0 Å². The highest BCUT2D eigenvalue weighted by molar-refractivity contribution is 5.57. The molecule has 0 fully saturated rings. The average molecular weight is 338 g/mol. The molecular formula is C21H26N2O2.